The van der Waals surface area contributed by atoms with Crippen LogP contribution in [0, 0.1) is 5.92 Å². The van der Waals surface area contributed by atoms with Crippen LogP contribution in [0.2, 0.25) is 0 Å². The summed E-state index contributed by atoms with van der Waals surface area (Å²) in [5, 5.41) is 2.95. The van der Waals surface area contributed by atoms with Gasteiger partial charge < -0.3 is 24.3 Å². The Labute approximate surface area is 200 Å². The number of methoxy groups -OCH3 is 2. The van der Waals surface area contributed by atoms with Crippen LogP contribution < -0.4 is 24.3 Å². The smallest absolute Gasteiger partial charge is 0.243 e. The molecule has 0 atom stereocenters. The van der Waals surface area contributed by atoms with Crippen LogP contribution in [-0.4, -0.2) is 59.2 Å². The lowest BCUT2D eigenvalue weighted by atomic mass is 9.97. The maximum Gasteiger partial charge on any atom is 0.243 e. The van der Waals surface area contributed by atoms with Gasteiger partial charge in [0.15, 0.2) is 23.0 Å². The average molecular weight is 491 g/mol. The van der Waals surface area contributed by atoms with Crippen molar-refractivity contribution in [1.82, 2.24) is 9.62 Å². The molecule has 1 amide bonds. The van der Waals surface area contributed by atoms with E-state index in [9.17, 15) is 13.2 Å². The van der Waals surface area contributed by atoms with Gasteiger partial charge in [0.05, 0.1) is 32.3 Å². The fourth-order valence-corrected chi connectivity index (χ4v) is 5.62. The first kappa shape index (κ1) is 24.2. The Morgan fingerprint density at radius 2 is 1.71 bits per heavy atom. The third-order valence-electron chi connectivity index (χ3n) is 6.10. The molecule has 10 heteroatoms. The van der Waals surface area contributed by atoms with Gasteiger partial charge in [0.1, 0.15) is 0 Å². The number of carbonyl (C=O) groups is 1. The minimum Gasteiger partial charge on any atom is -0.493 e. The zero-order valence-corrected chi connectivity index (χ0v) is 20.2. The number of sulfonamides is 1. The molecule has 0 unspecified atom stereocenters. The summed E-state index contributed by atoms with van der Waals surface area (Å²) in [4.78, 5) is 12.9. The highest BCUT2D eigenvalue weighted by atomic mass is 32.2. The zero-order chi connectivity index (χ0) is 24.1. The topological polar surface area (TPSA) is 103 Å². The molecule has 1 fully saturated rings. The van der Waals surface area contributed by atoms with Gasteiger partial charge in [-0.25, -0.2) is 8.42 Å². The number of ether oxygens (including phenoxy) is 4. The summed E-state index contributed by atoms with van der Waals surface area (Å²) in [6, 6.07) is 10.2. The number of nitrogens with one attached hydrogen (secondary N) is 1. The fourth-order valence-electron chi connectivity index (χ4n) is 4.14. The molecule has 2 aromatic rings. The Morgan fingerprint density at radius 1 is 1.00 bits per heavy atom. The summed E-state index contributed by atoms with van der Waals surface area (Å²) in [5.41, 5.74) is 0.889. The van der Waals surface area contributed by atoms with Crippen LogP contribution in [0.15, 0.2) is 41.3 Å². The third-order valence-corrected chi connectivity index (χ3v) is 7.99. The van der Waals surface area contributed by atoms with Crippen molar-refractivity contribution in [3.63, 3.8) is 0 Å². The predicted molar refractivity (Wildman–Crippen MR) is 125 cm³/mol. The van der Waals surface area contributed by atoms with E-state index in [0.29, 0.717) is 55.6 Å². The largest absolute Gasteiger partial charge is 0.493 e. The quantitative estimate of drug-likeness (QED) is 0.636. The number of hydrogen-bond acceptors (Lipinski definition) is 7. The molecule has 2 aliphatic rings. The Hall–Kier alpha value is -2.98. The van der Waals surface area contributed by atoms with Gasteiger partial charge in [0.2, 0.25) is 15.9 Å². The molecular formula is C24H30N2O7S. The summed E-state index contributed by atoms with van der Waals surface area (Å²) in [6.45, 7) is 1.95. The van der Waals surface area contributed by atoms with Crippen LogP contribution in [0.25, 0.3) is 0 Å². The summed E-state index contributed by atoms with van der Waals surface area (Å²) in [7, 11) is -0.552. The Bertz CT molecular complexity index is 1130. The molecule has 1 saturated heterocycles. The van der Waals surface area contributed by atoms with Gasteiger partial charge in [-0.3, -0.25) is 4.79 Å². The minimum absolute atomic E-state index is 0.0811. The molecule has 0 radical (unpaired) electrons. The molecule has 0 spiro atoms. The first-order valence-electron chi connectivity index (χ1n) is 11.3. The standard InChI is InChI=1S/C24H30N2O7S/c1-30-20-6-4-17(14-22(20)31-2)16-25-24(27)18-8-10-26(11-9-18)34(28,29)19-5-7-21-23(15-19)33-13-3-12-32-21/h4-7,14-15,18H,3,8-13,16H2,1-2H3,(H,25,27). The van der Waals surface area contributed by atoms with Gasteiger partial charge in [-0.15, -0.1) is 0 Å². The van der Waals surface area contributed by atoms with Crippen molar-refractivity contribution in [2.24, 2.45) is 5.92 Å². The summed E-state index contributed by atoms with van der Waals surface area (Å²) < 4.78 is 49.5. The molecule has 4 rings (SSSR count). The molecule has 34 heavy (non-hydrogen) atoms. The van der Waals surface area contributed by atoms with Crippen molar-refractivity contribution in [2.75, 3.05) is 40.5 Å². The first-order valence-corrected chi connectivity index (χ1v) is 12.7. The van der Waals surface area contributed by atoms with E-state index in [1.165, 1.54) is 10.4 Å². The van der Waals surface area contributed by atoms with Crippen LogP contribution in [0.3, 0.4) is 0 Å². The lowest BCUT2D eigenvalue weighted by Crippen LogP contribution is -2.42. The molecule has 0 aromatic heterocycles. The maximum atomic E-state index is 13.2. The number of benzene rings is 2. The van der Waals surface area contributed by atoms with Gasteiger partial charge in [-0.1, -0.05) is 6.07 Å². The Kier molecular flexibility index (Phi) is 7.47. The minimum atomic E-state index is -3.69. The molecule has 0 saturated carbocycles. The van der Waals surface area contributed by atoms with E-state index < -0.39 is 10.0 Å². The second-order valence-electron chi connectivity index (χ2n) is 8.24. The zero-order valence-electron chi connectivity index (χ0n) is 19.4. The molecule has 2 heterocycles. The van der Waals surface area contributed by atoms with Crippen LogP contribution >= 0.6 is 0 Å². The molecule has 2 aliphatic heterocycles. The number of fused-ring (bicyclic) bond motifs is 1. The summed E-state index contributed by atoms with van der Waals surface area (Å²) in [5.74, 6) is 1.91. The Morgan fingerprint density at radius 3 is 2.41 bits per heavy atom. The van der Waals surface area contributed by atoms with E-state index in [1.54, 1.807) is 32.4 Å². The van der Waals surface area contributed by atoms with Crippen LogP contribution in [-0.2, 0) is 21.4 Å². The molecule has 2 aromatic carbocycles. The molecule has 0 aliphatic carbocycles. The fraction of sp³-hybridized carbons (Fsp3) is 0.458. The van der Waals surface area contributed by atoms with Crippen LogP contribution in [0.5, 0.6) is 23.0 Å². The summed E-state index contributed by atoms with van der Waals surface area (Å²) >= 11 is 0. The van der Waals surface area contributed by atoms with Crippen molar-refractivity contribution in [3.8, 4) is 23.0 Å². The van der Waals surface area contributed by atoms with E-state index in [0.717, 1.165) is 12.0 Å². The lowest BCUT2D eigenvalue weighted by Gasteiger charge is -2.30. The Balaban J connectivity index is 1.33. The van der Waals surface area contributed by atoms with Gasteiger partial charge in [0.25, 0.3) is 0 Å². The molecule has 9 nitrogen and oxygen atoms in total. The van der Waals surface area contributed by atoms with Crippen molar-refractivity contribution in [1.29, 1.82) is 0 Å². The van der Waals surface area contributed by atoms with E-state index in [1.807, 2.05) is 12.1 Å². The second-order valence-corrected chi connectivity index (χ2v) is 10.2. The van der Waals surface area contributed by atoms with Crippen LogP contribution in [0.1, 0.15) is 24.8 Å². The van der Waals surface area contributed by atoms with Crippen molar-refractivity contribution >= 4 is 15.9 Å². The highest BCUT2D eigenvalue weighted by molar-refractivity contribution is 7.89. The van der Waals surface area contributed by atoms with E-state index >= 15 is 0 Å². The lowest BCUT2D eigenvalue weighted by molar-refractivity contribution is -0.126. The highest BCUT2D eigenvalue weighted by Crippen LogP contribution is 2.34. The third kappa shape index (κ3) is 5.23. The second kappa shape index (κ2) is 10.5. The molecule has 184 valence electrons. The number of rotatable bonds is 7. The van der Waals surface area contributed by atoms with Gasteiger partial charge in [-0.05, 0) is 42.7 Å². The van der Waals surface area contributed by atoms with E-state index in [4.69, 9.17) is 18.9 Å². The van der Waals surface area contributed by atoms with Crippen molar-refractivity contribution < 1.29 is 32.2 Å². The van der Waals surface area contributed by atoms with Gasteiger partial charge in [0, 0.05) is 38.0 Å². The SMILES string of the molecule is COc1ccc(CNC(=O)C2CCN(S(=O)(=O)c3ccc4c(c3)OCCCO4)CC2)cc1OC. The molecule has 1 N–H and O–H groups in total. The number of amides is 1. The monoisotopic (exact) mass is 490 g/mol. The predicted octanol–water partition coefficient (Wildman–Crippen LogP) is 2.58. The van der Waals surface area contributed by atoms with Crippen LogP contribution in [0.4, 0.5) is 0 Å². The van der Waals surface area contributed by atoms with E-state index in [2.05, 4.69) is 5.32 Å². The normalized spacial score (nSPS) is 17.0. The number of nitrogens with zero attached hydrogens (tertiary/aromatic N) is 1. The van der Waals surface area contributed by atoms with Gasteiger partial charge >= 0.3 is 0 Å². The van der Waals surface area contributed by atoms with Crippen molar-refractivity contribution in [2.45, 2.75) is 30.7 Å². The number of piperidine rings is 1. The average Bonchev–Trinajstić information content (AvgIpc) is 3.12. The van der Waals surface area contributed by atoms with E-state index in [-0.39, 0.29) is 29.8 Å². The maximum absolute atomic E-state index is 13.2. The molecular weight excluding hydrogens is 460 g/mol. The first-order chi connectivity index (χ1) is 16.4. The number of hydrogen-bond donors (Lipinski definition) is 1. The van der Waals surface area contributed by atoms with Crippen molar-refractivity contribution in [3.05, 3.63) is 42.0 Å². The molecule has 0 bridgehead atoms. The number of carbonyl (C=O) groups excluding carboxylic acids is 1. The van der Waals surface area contributed by atoms with Gasteiger partial charge in [-0.2, -0.15) is 4.31 Å². The summed E-state index contributed by atoms with van der Waals surface area (Å²) in [6.07, 6.45) is 1.67. The highest BCUT2D eigenvalue weighted by Gasteiger charge is 2.32.